The van der Waals surface area contributed by atoms with Gasteiger partial charge in [-0.1, -0.05) is 19.8 Å². The number of cyclic esters (lactones) is 1. The van der Waals surface area contributed by atoms with Crippen molar-refractivity contribution in [3.05, 3.63) is 12.1 Å². The van der Waals surface area contributed by atoms with Gasteiger partial charge in [0, 0.05) is 13.0 Å². The third kappa shape index (κ3) is 2.85. The van der Waals surface area contributed by atoms with Crippen molar-refractivity contribution in [1.29, 1.82) is 0 Å². The zero-order valence-electron chi connectivity index (χ0n) is 14.8. The van der Waals surface area contributed by atoms with Gasteiger partial charge in [-0.2, -0.15) is 0 Å². The van der Waals surface area contributed by atoms with Gasteiger partial charge in [0.1, 0.15) is 19.2 Å². The van der Waals surface area contributed by atoms with E-state index in [1.807, 2.05) is 13.8 Å². The molecule has 25 heavy (non-hydrogen) atoms. The van der Waals surface area contributed by atoms with E-state index in [1.165, 1.54) is 0 Å². The average molecular weight is 353 g/mol. The molecule has 0 radical (unpaired) electrons. The lowest BCUT2D eigenvalue weighted by Gasteiger charge is -2.42. The number of carbonyl (C=O) groups is 3. The fourth-order valence-electron chi connectivity index (χ4n) is 4.12. The lowest BCUT2D eigenvalue weighted by atomic mass is 9.67. The Kier molecular flexibility index (Phi) is 4.19. The number of likely N-dealkylation sites (N-methyl/N-ethyl adjacent to an activating group) is 1. The molecule has 9 heteroatoms. The number of nitrogens with zero attached hydrogens (tertiary/aromatic N) is 1. The zero-order valence-corrected chi connectivity index (χ0v) is 14.8. The molecule has 0 spiro atoms. The van der Waals surface area contributed by atoms with Crippen LogP contribution in [-0.2, 0) is 28.4 Å². The summed E-state index contributed by atoms with van der Waals surface area (Å²) < 4.78 is 16.0. The molecule has 0 amide bonds. The van der Waals surface area contributed by atoms with Gasteiger partial charge in [0.2, 0.25) is 0 Å². The molecule has 0 aromatic heterocycles. The SMILES string of the molecule is CC[C@@H]1OC(=O)C[C@@](O)(C/C=C/[B-]23OC(=O)C[N+]2(C)CC(=O)O3)[C@H]1C. The first kappa shape index (κ1) is 17.9. The Hall–Kier alpha value is -1.87. The predicted octanol–water partition coefficient (Wildman–Crippen LogP) is 0.0637. The highest BCUT2D eigenvalue weighted by Gasteiger charge is 2.63. The fourth-order valence-corrected chi connectivity index (χ4v) is 4.12. The first-order chi connectivity index (χ1) is 11.6. The molecule has 0 saturated carbocycles. The van der Waals surface area contributed by atoms with Crippen LogP contribution in [0.15, 0.2) is 12.1 Å². The van der Waals surface area contributed by atoms with Gasteiger partial charge in [0.15, 0.2) is 0 Å². The van der Waals surface area contributed by atoms with E-state index in [0.29, 0.717) is 6.42 Å². The van der Waals surface area contributed by atoms with Crippen LogP contribution in [0.5, 0.6) is 0 Å². The van der Waals surface area contributed by atoms with Gasteiger partial charge >= 0.3 is 24.6 Å². The Balaban J connectivity index is 1.79. The molecular weight excluding hydrogens is 329 g/mol. The van der Waals surface area contributed by atoms with Crippen molar-refractivity contribution in [3.63, 3.8) is 0 Å². The molecule has 3 heterocycles. The summed E-state index contributed by atoms with van der Waals surface area (Å²) in [7, 11) is 1.74. The van der Waals surface area contributed by atoms with Gasteiger partial charge in [-0.05, 0) is 12.8 Å². The molecule has 138 valence electrons. The number of esters is 1. The Morgan fingerprint density at radius 1 is 1.24 bits per heavy atom. The van der Waals surface area contributed by atoms with Crippen molar-refractivity contribution in [2.24, 2.45) is 5.92 Å². The van der Waals surface area contributed by atoms with Gasteiger partial charge in [0.05, 0.1) is 12.0 Å². The summed E-state index contributed by atoms with van der Waals surface area (Å²) >= 11 is 0. The molecule has 0 unspecified atom stereocenters. The average Bonchev–Trinajstić information content (AvgIpc) is 2.85. The third-order valence-corrected chi connectivity index (χ3v) is 5.84. The van der Waals surface area contributed by atoms with Gasteiger partial charge in [-0.15, -0.1) is 6.08 Å². The molecule has 8 nitrogen and oxygen atoms in total. The summed E-state index contributed by atoms with van der Waals surface area (Å²) in [4.78, 5) is 35.2. The zero-order chi connectivity index (χ0) is 18.5. The minimum atomic E-state index is -2.25. The molecule has 3 rings (SSSR count). The Bertz CT molecular complexity index is 628. The number of fused-ring (bicyclic) bond motifs is 1. The maximum atomic E-state index is 11.8. The summed E-state index contributed by atoms with van der Waals surface area (Å²) in [5.41, 5.74) is -1.24. The smallest absolute Gasteiger partial charge is 0.596 e. The standard InChI is InChI=1S/C16H24BNO7/c1-4-12-11(2)16(22,8-13(19)23-12)6-5-7-17-18(3,9-14(20)24-17)10-15(21)25-17/h5,7,11-12,22H,4,6,8-10H2,1-3H3/b7-5+/t11-,12-,16-,17?,18?/m0/s1. The molecule has 1 N–H and O–H groups in total. The predicted molar refractivity (Wildman–Crippen MR) is 86.5 cm³/mol. The summed E-state index contributed by atoms with van der Waals surface area (Å²) in [5, 5.41) is 10.9. The molecule has 0 aromatic rings. The topological polar surface area (TPSA) is 99.1 Å². The second-order valence-corrected chi connectivity index (χ2v) is 7.64. The number of carbonyl (C=O) groups excluding carboxylic acids is 3. The monoisotopic (exact) mass is 353 g/mol. The maximum absolute atomic E-state index is 11.8. The first-order valence-electron chi connectivity index (χ1n) is 8.65. The quantitative estimate of drug-likeness (QED) is 0.564. The Labute approximate surface area is 146 Å². The second-order valence-electron chi connectivity index (χ2n) is 7.64. The van der Waals surface area contributed by atoms with Gasteiger partial charge < -0.3 is 23.5 Å². The molecule has 3 fully saturated rings. The van der Waals surface area contributed by atoms with Crippen molar-refractivity contribution in [3.8, 4) is 0 Å². The van der Waals surface area contributed by atoms with Gasteiger partial charge in [0.25, 0.3) is 0 Å². The summed E-state index contributed by atoms with van der Waals surface area (Å²) in [5.74, 6) is 0.0761. The van der Waals surface area contributed by atoms with Crippen molar-refractivity contribution in [2.75, 3.05) is 20.1 Å². The van der Waals surface area contributed by atoms with Crippen LogP contribution in [0.4, 0.5) is 0 Å². The molecule has 0 aromatic carbocycles. The van der Waals surface area contributed by atoms with Crippen LogP contribution in [0.1, 0.15) is 33.1 Å². The minimum absolute atomic E-state index is 0.0573. The number of ether oxygens (including phenoxy) is 1. The summed E-state index contributed by atoms with van der Waals surface area (Å²) in [6, 6.07) is 0. The number of rotatable bonds is 4. The lowest BCUT2D eigenvalue weighted by Crippen LogP contribution is -2.59. The molecule has 3 atom stereocenters. The number of hydrogen-bond acceptors (Lipinski definition) is 7. The number of quaternary nitrogens is 1. The lowest BCUT2D eigenvalue weighted by molar-refractivity contribution is -0.791. The number of aliphatic hydroxyl groups is 1. The Morgan fingerprint density at radius 3 is 2.40 bits per heavy atom. The van der Waals surface area contributed by atoms with Crippen LogP contribution in [-0.4, -0.2) is 65.9 Å². The van der Waals surface area contributed by atoms with E-state index in [-0.39, 0.29) is 42.3 Å². The van der Waals surface area contributed by atoms with E-state index in [0.717, 1.165) is 0 Å². The highest BCUT2D eigenvalue weighted by Crippen LogP contribution is 2.38. The van der Waals surface area contributed by atoms with E-state index in [9.17, 15) is 19.5 Å². The molecule has 0 aliphatic carbocycles. The molecule has 3 aliphatic heterocycles. The van der Waals surface area contributed by atoms with E-state index < -0.39 is 30.2 Å². The van der Waals surface area contributed by atoms with Gasteiger partial charge in [-0.3, -0.25) is 14.4 Å². The summed E-state index contributed by atoms with van der Waals surface area (Å²) in [6.07, 6.45) is 2.02. The first-order valence-corrected chi connectivity index (χ1v) is 8.65. The van der Waals surface area contributed by atoms with Crippen molar-refractivity contribution in [2.45, 2.75) is 44.8 Å². The normalized spacial score (nSPS) is 43.8. The summed E-state index contributed by atoms with van der Waals surface area (Å²) in [6.45, 7) is 1.64. The number of hydrogen-bond donors (Lipinski definition) is 1. The maximum Gasteiger partial charge on any atom is 0.607 e. The third-order valence-electron chi connectivity index (χ3n) is 5.84. The highest BCUT2D eigenvalue weighted by atomic mass is 16.7. The van der Waals surface area contributed by atoms with Crippen LogP contribution in [0.2, 0.25) is 0 Å². The molecule has 0 bridgehead atoms. The second kappa shape index (κ2) is 5.84. The largest absolute Gasteiger partial charge is 0.607 e. The minimum Gasteiger partial charge on any atom is -0.596 e. The van der Waals surface area contributed by atoms with E-state index in [1.54, 1.807) is 19.1 Å². The van der Waals surface area contributed by atoms with Crippen LogP contribution in [0.25, 0.3) is 0 Å². The molecule has 3 saturated heterocycles. The Morgan fingerprint density at radius 2 is 1.84 bits per heavy atom. The highest BCUT2D eigenvalue weighted by molar-refractivity contribution is 6.71. The van der Waals surface area contributed by atoms with Crippen molar-refractivity contribution >= 4 is 24.6 Å². The van der Waals surface area contributed by atoms with E-state index >= 15 is 0 Å². The van der Waals surface area contributed by atoms with E-state index in [4.69, 9.17) is 14.0 Å². The van der Waals surface area contributed by atoms with Crippen LogP contribution < -0.4 is 0 Å². The van der Waals surface area contributed by atoms with Gasteiger partial charge in [-0.25, -0.2) is 0 Å². The van der Waals surface area contributed by atoms with Crippen molar-refractivity contribution in [1.82, 2.24) is 0 Å². The van der Waals surface area contributed by atoms with E-state index in [2.05, 4.69) is 0 Å². The van der Waals surface area contributed by atoms with Crippen LogP contribution in [0.3, 0.4) is 0 Å². The molecular formula is C16H24BNO7. The van der Waals surface area contributed by atoms with Crippen molar-refractivity contribution < 1.29 is 37.9 Å². The molecule has 3 aliphatic rings. The fraction of sp³-hybridized carbons (Fsp3) is 0.688. The van der Waals surface area contributed by atoms with Crippen LogP contribution >= 0.6 is 0 Å². The van der Waals surface area contributed by atoms with Crippen LogP contribution in [0, 0.1) is 5.92 Å².